The molecule has 0 bridgehead atoms. The number of aliphatic hydroxyl groups is 1. The van der Waals surface area contributed by atoms with Crippen molar-refractivity contribution in [2.24, 2.45) is 0 Å². The summed E-state index contributed by atoms with van der Waals surface area (Å²) >= 11 is 3.66. The monoisotopic (exact) mass is 655 g/mol. The summed E-state index contributed by atoms with van der Waals surface area (Å²) in [4.78, 5) is 32.9. The second-order valence-corrected chi connectivity index (χ2v) is 15.2. The molecule has 0 spiro atoms. The third kappa shape index (κ3) is 5.93. The Morgan fingerprint density at radius 2 is 1.30 bits per heavy atom. The van der Waals surface area contributed by atoms with Crippen LogP contribution in [0, 0.1) is 0 Å². The van der Waals surface area contributed by atoms with E-state index in [0.717, 1.165) is 45.7 Å². The predicted molar refractivity (Wildman–Crippen MR) is 185 cm³/mol. The lowest BCUT2D eigenvalue weighted by Crippen LogP contribution is -2.22. The van der Waals surface area contributed by atoms with E-state index >= 15 is 0 Å². The molecule has 2 saturated carbocycles. The lowest BCUT2D eigenvalue weighted by atomic mass is 9.97. The maximum Gasteiger partial charge on any atom is 0.169 e. The highest BCUT2D eigenvalue weighted by atomic mass is 32.1. The molecule has 240 valence electrons. The molecule has 9 nitrogen and oxygen atoms in total. The Morgan fingerprint density at radius 1 is 0.761 bits per heavy atom. The van der Waals surface area contributed by atoms with E-state index in [0.29, 0.717) is 24.5 Å². The highest BCUT2D eigenvalue weighted by Gasteiger charge is 2.32. The summed E-state index contributed by atoms with van der Waals surface area (Å²) in [5, 5.41) is 12.0. The van der Waals surface area contributed by atoms with Crippen molar-refractivity contribution in [3.8, 4) is 5.75 Å². The maximum atomic E-state index is 9.42. The Kier molecular flexibility index (Phi) is 8.24. The molecule has 2 fully saturated rings. The van der Waals surface area contributed by atoms with Crippen LogP contribution in [-0.2, 0) is 38.9 Å². The zero-order chi connectivity index (χ0) is 31.2. The molecule has 0 atom stereocenters. The van der Waals surface area contributed by atoms with Gasteiger partial charge in [-0.25, -0.2) is 19.9 Å². The van der Waals surface area contributed by atoms with Gasteiger partial charge in [-0.1, -0.05) is 0 Å². The molecule has 0 amide bonds. The molecule has 1 N–H and O–H groups in total. The van der Waals surface area contributed by atoms with Crippen molar-refractivity contribution >= 4 is 54.7 Å². The minimum absolute atomic E-state index is 0.0794. The van der Waals surface area contributed by atoms with Crippen LogP contribution < -0.4 is 14.5 Å². The Hall–Kier alpha value is -3.41. The van der Waals surface area contributed by atoms with Crippen molar-refractivity contribution in [1.82, 2.24) is 24.9 Å². The summed E-state index contributed by atoms with van der Waals surface area (Å²) in [6.45, 7) is 0.291. The summed E-state index contributed by atoms with van der Waals surface area (Å²) < 4.78 is 5.85. The van der Waals surface area contributed by atoms with Gasteiger partial charge in [0, 0.05) is 42.1 Å². The number of nitrogens with zero attached hydrogens (tertiary/aromatic N) is 7. The molecule has 9 rings (SSSR count). The zero-order valence-electron chi connectivity index (χ0n) is 26.7. The number of hydrogen-bond acceptors (Lipinski definition) is 11. The third-order valence-corrected chi connectivity index (χ3v) is 12.1. The molecular weight excluding hydrogens is 615 g/mol. The minimum Gasteiger partial charge on any atom is -0.484 e. The van der Waals surface area contributed by atoms with Gasteiger partial charge in [0.25, 0.3) is 0 Å². The molecule has 5 aromatic heterocycles. The van der Waals surface area contributed by atoms with Crippen molar-refractivity contribution in [1.29, 1.82) is 0 Å². The largest absolute Gasteiger partial charge is 0.484 e. The fourth-order valence-corrected chi connectivity index (χ4v) is 9.41. The summed E-state index contributed by atoms with van der Waals surface area (Å²) in [6.07, 6.45) is 18.3. The van der Waals surface area contributed by atoms with Crippen LogP contribution in [0.3, 0.4) is 0 Å². The predicted octanol–water partition coefficient (Wildman–Crippen LogP) is 6.80. The van der Waals surface area contributed by atoms with Gasteiger partial charge >= 0.3 is 0 Å². The third-order valence-electron chi connectivity index (χ3n) is 9.68. The Bertz CT molecular complexity index is 1870. The number of ether oxygens (including phenoxy) is 1. The van der Waals surface area contributed by atoms with Crippen LogP contribution in [0.4, 0.5) is 11.6 Å². The van der Waals surface area contributed by atoms with Gasteiger partial charge in [-0.15, -0.1) is 22.7 Å². The van der Waals surface area contributed by atoms with E-state index in [1.807, 2.05) is 23.5 Å². The van der Waals surface area contributed by atoms with Crippen molar-refractivity contribution in [2.45, 2.75) is 102 Å². The minimum atomic E-state index is -0.0794. The van der Waals surface area contributed by atoms with Crippen LogP contribution in [0.1, 0.15) is 83.9 Å². The van der Waals surface area contributed by atoms with Crippen molar-refractivity contribution in [2.75, 3.05) is 23.9 Å². The van der Waals surface area contributed by atoms with Crippen LogP contribution in [0.25, 0.3) is 20.4 Å². The molecule has 5 aromatic rings. The SMILES string of the molecule is CN(c1nc(CO)nc2sc3c(c12)CCCC3)C1CC1.CN(c1nc(COc2cccnc2)nc2sc3c(c12)CCCC3)C1CC1. The van der Waals surface area contributed by atoms with Gasteiger partial charge in [0.05, 0.1) is 17.0 Å². The first kappa shape index (κ1) is 30.0. The normalized spacial score (nSPS) is 17.3. The van der Waals surface area contributed by atoms with Crippen molar-refractivity contribution in [3.63, 3.8) is 0 Å². The molecule has 4 aliphatic carbocycles. The molecule has 0 aromatic carbocycles. The number of hydrogen-bond donors (Lipinski definition) is 1. The van der Waals surface area contributed by atoms with Gasteiger partial charge in [0.1, 0.15) is 40.3 Å². The fraction of sp³-hybridized carbons (Fsp3) is 0.514. The number of aromatic nitrogens is 5. The van der Waals surface area contributed by atoms with Crippen LogP contribution in [-0.4, -0.2) is 56.2 Å². The number of fused-ring (bicyclic) bond motifs is 6. The molecule has 0 unspecified atom stereocenters. The molecule has 0 saturated heterocycles. The molecule has 0 radical (unpaired) electrons. The Labute approximate surface area is 277 Å². The first-order valence-electron chi connectivity index (χ1n) is 16.8. The fourth-order valence-electron chi connectivity index (χ4n) is 6.86. The average Bonchev–Trinajstić information content (AvgIpc) is 4.04. The number of rotatable bonds is 8. The van der Waals surface area contributed by atoms with Gasteiger partial charge < -0.3 is 19.6 Å². The average molecular weight is 656 g/mol. The summed E-state index contributed by atoms with van der Waals surface area (Å²) in [7, 11) is 4.31. The van der Waals surface area contributed by atoms with E-state index < -0.39 is 0 Å². The molecular formula is C35H41N7O2S2. The van der Waals surface area contributed by atoms with E-state index in [-0.39, 0.29) is 6.61 Å². The number of anilines is 2. The lowest BCUT2D eigenvalue weighted by molar-refractivity contribution is 0.272. The summed E-state index contributed by atoms with van der Waals surface area (Å²) in [6, 6.07) is 5.03. The zero-order valence-corrected chi connectivity index (χ0v) is 28.3. The van der Waals surface area contributed by atoms with Crippen molar-refractivity contribution in [3.05, 3.63) is 57.1 Å². The molecule has 11 heteroatoms. The number of aliphatic hydroxyl groups excluding tert-OH is 1. The molecule has 0 aliphatic heterocycles. The second kappa shape index (κ2) is 12.7. The van der Waals surface area contributed by atoms with Crippen LogP contribution >= 0.6 is 22.7 Å². The Balaban J connectivity index is 0.000000140. The number of pyridine rings is 1. The number of aryl methyl sites for hydroxylation is 4. The molecule has 5 heterocycles. The van der Waals surface area contributed by atoms with Gasteiger partial charge in [0.2, 0.25) is 0 Å². The van der Waals surface area contributed by atoms with E-state index in [9.17, 15) is 5.11 Å². The van der Waals surface area contributed by atoms with Gasteiger partial charge in [-0.3, -0.25) is 4.98 Å². The summed E-state index contributed by atoms with van der Waals surface area (Å²) in [5.41, 5.74) is 2.97. The van der Waals surface area contributed by atoms with Crippen LogP contribution in [0.5, 0.6) is 5.75 Å². The highest BCUT2D eigenvalue weighted by Crippen LogP contribution is 2.43. The van der Waals surface area contributed by atoms with Gasteiger partial charge in [-0.2, -0.15) is 0 Å². The quantitative estimate of drug-likeness (QED) is 0.193. The smallest absolute Gasteiger partial charge is 0.169 e. The molecule has 46 heavy (non-hydrogen) atoms. The van der Waals surface area contributed by atoms with E-state index in [1.165, 1.54) is 95.9 Å². The standard InChI is InChI=1S/C20H22N4OS.C15H19N3OS/c1-24(13-8-9-13)19-18-15-6-2-3-7-16(15)26-20(18)23-17(22-19)12-25-14-5-4-10-21-11-14;1-18(9-6-7-9)14-13-10-4-2-3-5-11(10)20-15(13)17-12(8-19)16-14/h4-5,10-11,13H,2-3,6-9,12H2,1H3;9,19H,2-8H2,1H3. The first-order valence-corrected chi connectivity index (χ1v) is 18.4. The highest BCUT2D eigenvalue weighted by molar-refractivity contribution is 7.19. The first-order chi connectivity index (χ1) is 22.6. The van der Waals surface area contributed by atoms with E-state index in [4.69, 9.17) is 14.7 Å². The Morgan fingerprint density at radius 3 is 1.83 bits per heavy atom. The van der Waals surface area contributed by atoms with E-state index in [1.54, 1.807) is 23.7 Å². The lowest BCUT2D eigenvalue weighted by Gasteiger charge is -2.20. The number of thiophene rings is 2. The van der Waals surface area contributed by atoms with Gasteiger partial charge in [0.15, 0.2) is 11.6 Å². The van der Waals surface area contributed by atoms with Crippen molar-refractivity contribution < 1.29 is 9.84 Å². The van der Waals surface area contributed by atoms with Gasteiger partial charge in [-0.05, 0) is 100 Å². The van der Waals surface area contributed by atoms with Crippen LogP contribution in [0.2, 0.25) is 0 Å². The summed E-state index contributed by atoms with van der Waals surface area (Å²) in [5.74, 6) is 4.20. The van der Waals surface area contributed by atoms with E-state index in [2.05, 4.69) is 38.8 Å². The topological polar surface area (TPSA) is 100 Å². The maximum absolute atomic E-state index is 9.42. The molecule has 4 aliphatic rings. The van der Waals surface area contributed by atoms with Crippen LogP contribution in [0.15, 0.2) is 24.5 Å². The second-order valence-electron chi connectivity index (χ2n) is 13.0.